The van der Waals surface area contributed by atoms with E-state index in [2.05, 4.69) is 67.4 Å². The molecule has 5 N–H and O–H groups in total. The number of carbonyl (C=O) groups is 5. The molecule has 0 aromatic rings. The average Bonchev–Trinajstić information content (AvgIpc) is 3.77. The maximum absolute atomic E-state index is 14.9. The third-order valence-electron chi connectivity index (χ3n) is 15.2. The number of Topliss-reactive ketones (excluding diaryl/α,β-unsaturated/α-hetero) is 1. The van der Waals surface area contributed by atoms with Crippen molar-refractivity contribution < 1.29 is 24.0 Å². The second-order valence-corrected chi connectivity index (χ2v) is 20.4. The predicted molar refractivity (Wildman–Crippen MR) is 200 cm³/mol. The van der Waals surface area contributed by atoms with Crippen LogP contribution in [0, 0.1) is 33.0 Å². The maximum atomic E-state index is 14.9. The van der Waals surface area contributed by atoms with E-state index in [1.807, 2.05) is 20.8 Å². The SMILES string of the molecule is CN1CCN(CC(NC(=O)NC(C(=O)N2CC3(CC2C(=O)NC(CC2CCC2)C(=O)C(N)=O)C(C)(C)C32CCC2)C(C)(C)C)C(C)(C)C)CC12CC2. The molecule has 292 valence electrons. The van der Waals surface area contributed by atoms with Gasteiger partial charge in [0.1, 0.15) is 12.1 Å². The fourth-order valence-corrected chi connectivity index (χ4v) is 10.7. The third-order valence-corrected chi connectivity index (χ3v) is 15.2. The van der Waals surface area contributed by atoms with Gasteiger partial charge in [0, 0.05) is 49.7 Å². The lowest BCUT2D eigenvalue weighted by Gasteiger charge is -2.43. The number of fused-ring (bicyclic) bond motifs is 1. The van der Waals surface area contributed by atoms with Gasteiger partial charge in [0.2, 0.25) is 17.6 Å². The van der Waals surface area contributed by atoms with Crippen LogP contribution < -0.4 is 21.7 Å². The van der Waals surface area contributed by atoms with Crippen molar-refractivity contribution in [3.05, 3.63) is 0 Å². The standard InChI is InChI=1S/C40H67N7O5/c1-35(2,3)28(22-46-19-18-45(9)38(23-46)16-17-38)43-34(52)44-30(36(4,5)6)33(51)47-24-40(37(7,8)39(40)14-11-15-39)21-27(47)32(50)42-26(29(48)31(41)49)20-25-12-10-13-25/h25-28,30H,10-24H2,1-9H3,(H2,41,49)(H,42,50)(H2,43,44,52). The zero-order chi connectivity index (χ0) is 38.2. The van der Waals surface area contributed by atoms with Gasteiger partial charge in [-0.15, -0.1) is 0 Å². The molecular formula is C40H67N7O5. The lowest BCUT2D eigenvalue weighted by Crippen LogP contribution is -2.62. The molecular weight excluding hydrogens is 658 g/mol. The normalized spacial score (nSPS) is 29.5. The largest absolute Gasteiger partial charge is 0.363 e. The van der Waals surface area contributed by atoms with Crippen molar-refractivity contribution in [2.24, 2.45) is 38.7 Å². The van der Waals surface area contributed by atoms with Gasteiger partial charge in [-0.3, -0.25) is 29.0 Å². The molecule has 6 fully saturated rings. The summed E-state index contributed by atoms with van der Waals surface area (Å²) in [5, 5.41) is 9.25. The van der Waals surface area contributed by atoms with Crippen LogP contribution in [0.1, 0.15) is 120 Å². The Balaban J connectivity index is 1.21. The van der Waals surface area contributed by atoms with Gasteiger partial charge in [0.15, 0.2) is 0 Å². The topological polar surface area (TPSA) is 157 Å². The number of nitrogens with two attached hydrogens (primary N) is 1. The third kappa shape index (κ3) is 6.66. The molecule has 5 atom stereocenters. The second kappa shape index (κ2) is 13.2. The smallest absolute Gasteiger partial charge is 0.315 e. The van der Waals surface area contributed by atoms with E-state index in [0.29, 0.717) is 19.4 Å². The number of likely N-dealkylation sites (tertiary alicyclic amines) is 1. The van der Waals surface area contributed by atoms with Crippen molar-refractivity contribution in [2.75, 3.05) is 39.8 Å². The highest BCUT2D eigenvalue weighted by molar-refractivity contribution is 6.37. The van der Waals surface area contributed by atoms with E-state index in [4.69, 9.17) is 5.73 Å². The number of nitrogens with zero attached hydrogens (tertiary/aromatic N) is 3. The summed E-state index contributed by atoms with van der Waals surface area (Å²) >= 11 is 0. The molecule has 5 unspecified atom stereocenters. The van der Waals surface area contributed by atoms with Crippen LogP contribution in [0.2, 0.25) is 0 Å². The Morgan fingerprint density at radius 1 is 0.827 bits per heavy atom. The number of ketones is 1. The fourth-order valence-electron chi connectivity index (χ4n) is 10.7. The monoisotopic (exact) mass is 726 g/mol. The van der Waals surface area contributed by atoms with Crippen molar-refractivity contribution in [3.8, 4) is 0 Å². The molecule has 2 heterocycles. The highest BCUT2D eigenvalue weighted by Gasteiger charge is 2.85. The van der Waals surface area contributed by atoms with E-state index in [1.165, 1.54) is 12.8 Å². The zero-order valence-corrected chi connectivity index (χ0v) is 33.5. The van der Waals surface area contributed by atoms with Crippen LogP contribution in [-0.4, -0.2) is 114 Å². The molecule has 2 saturated heterocycles. The molecule has 12 nitrogen and oxygen atoms in total. The first-order chi connectivity index (χ1) is 24.1. The van der Waals surface area contributed by atoms with E-state index < -0.39 is 47.2 Å². The van der Waals surface area contributed by atoms with Gasteiger partial charge in [-0.05, 0) is 73.2 Å². The highest BCUT2D eigenvalue weighted by atomic mass is 16.2. The van der Waals surface area contributed by atoms with Gasteiger partial charge in [0.25, 0.3) is 5.91 Å². The molecule has 2 aliphatic heterocycles. The van der Waals surface area contributed by atoms with E-state index in [1.54, 1.807) is 4.90 Å². The van der Waals surface area contributed by atoms with Crippen molar-refractivity contribution >= 4 is 29.5 Å². The van der Waals surface area contributed by atoms with E-state index in [-0.39, 0.29) is 45.1 Å². The molecule has 4 saturated carbocycles. The predicted octanol–water partition coefficient (Wildman–Crippen LogP) is 3.42. The highest BCUT2D eigenvalue weighted by Crippen LogP contribution is 2.88. The Morgan fingerprint density at radius 2 is 1.48 bits per heavy atom. The van der Waals surface area contributed by atoms with Crippen molar-refractivity contribution in [1.29, 1.82) is 0 Å². The number of rotatable bonds is 11. The van der Waals surface area contributed by atoms with Crippen molar-refractivity contribution in [2.45, 2.75) is 149 Å². The Kier molecular flexibility index (Phi) is 9.92. The minimum Gasteiger partial charge on any atom is -0.363 e. The number of hydrogen-bond donors (Lipinski definition) is 4. The lowest BCUT2D eigenvalue weighted by molar-refractivity contribution is -0.143. The summed E-state index contributed by atoms with van der Waals surface area (Å²) in [5.74, 6) is -2.33. The average molecular weight is 726 g/mol. The molecule has 12 heteroatoms. The summed E-state index contributed by atoms with van der Waals surface area (Å²) in [4.78, 5) is 74.8. The number of piperazine rings is 1. The molecule has 0 radical (unpaired) electrons. The summed E-state index contributed by atoms with van der Waals surface area (Å²) in [5.41, 5.74) is 4.57. The Hall–Kier alpha value is -2.73. The second-order valence-electron chi connectivity index (χ2n) is 20.4. The van der Waals surface area contributed by atoms with Gasteiger partial charge in [-0.25, -0.2) is 4.79 Å². The number of urea groups is 1. The first-order valence-electron chi connectivity index (χ1n) is 20.0. The summed E-state index contributed by atoms with van der Waals surface area (Å²) in [6, 6.07) is -3.31. The van der Waals surface area contributed by atoms with E-state index in [9.17, 15) is 24.0 Å². The molecule has 6 aliphatic rings. The minimum atomic E-state index is -1.06. The molecule has 6 rings (SSSR count). The summed E-state index contributed by atoms with van der Waals surface area (Å²) in [6.45, 7) is 20.8. The zero-order valence-electron chi connectivity index (χ0n) is 33.5. The van der Waals surface area contributed by atoms with Crippen LogP contribution in [0.4, 0.5) is 4.79 Å². The molecule has 0 aromatic heterocycles. The minimum absolute atomic E-state index is 0.0617. The summed E-state index contributed by atoms with van der Waals surface area (Å²) < 4.78 is 0. The van der Waals surface area contributed by atoms with Gasteiger partial charge in [-0.2, -0.15) is 0 Å². The summed E-state index contributed by atoms with van der Waals surface area (Å²) in [7, 11) is 2.21. The number of likely N-dealkylation sites (N-methyl/N-ethyl adjacent to an activating group) is 1. The first kappa shape index (κ1) is 39.0. The van der Waals surface area contributed by atoms with Gasteiger partial charge < -0.3 is 26.6 Å². The van der Waals surface area contributed by atoms with Gasteiger partial charge in [0.05, 0.1) is 6.04 Å². The van der Waals surface area contributed by atoms with Crippen molar-refractivity contribution in [3.63, 3.8) is 0 Å². The van der Waals surface area contributed by atoms with Crippen LogP contribution in [0.5, 0.6) is 0 Å². The number of nitrogens with one attached hydrogen (secondary N) is 3. The number of hydrogen-bond acceptors (Lipinski definition) is 7. The van der Waals surface area contributed by atoms with E-state index >= 15 is 0 Å². The van der Waals surface area contributed by atoms with E-state index in [0.717, 1.165) is 64.7 Å². The number of primary amides is 1. The molecule has 4 aliphatic carbocycles. The molecule has 0 bridgehead atoms. The molecule has 0 aromatic carbocycles. The van der Waals surface area contributed by atoms with Crippen LogP contribution in [-0.2, 0) is 19.2 Å². The lowest BCUT2D eigenvalue weighted by atomic mass is 9.73. The maximum Gasteiger partial charge on any atom is 0.315 e. The van der Waals surface area contributed by atoms with Crippen molar-refractivity contribution in [1.82, 2.24) is 30.7 Å². The van der Waals surface area contributed by atoms with Crippen LogP contribution in [0.15, 0.2) is 0 Å². The molecule has 5 amide bonds. The Morgan fingerprint density at radius 3 is 1.96 bits per heavy atom. The van der Waals surface area contributed by atoms with Gasteiger partial charge >= 0.3 is 6.03 Å². The van der Waals surface area contributed by atoms with Crippen LogP contribution in [0.25, 0.3) is 0 Å². The number of carbonyl (C=O) groups excluding carboxylic acids is 5. The number of amides is 5. The molecule has 3 spiro atoms. The molecule has 52 heavy (non-hydrogen) atoms. The van der Waals surface area contributed by atoms with Gasteiger partial charge in [-0.1, -0.05) is 81.1 Å². The fraction of sp³-hybridized carbons (Fsp3) is 0.875. The quantitative estimate of drug-likeness (QED) is 0.238. The van der Waals surface area contributed by atoms with Crippen LogP contribution in [0.3, 0.4) is 0 Å². The summed E-state index contributed by atoms with van der Waals surface area (Å²) in [6.07, 6.45) is 9.47. The Labute approximate surface area is 311 Å². The van der Waals surface area contributed by atoms with Crippen LogP contribution >= 0.6 is 0 Å². The Bertz CT molecular complexity index is 1450. The first-order valence-corrected chi connectivity index (χ1v) is 20.0.